The van der Waals surface area contributed by atoms with Gasteiger partial charge in [-0.3, -0.25) is 9.36 Å². The minimum absolute atomic E-state index is 0.121. The topological polar surface area (TPSA) is 77.7 Å². The van der Waals surface area contributed by atoms with Gasteiger partial charge < -0.3 is 15.0 Å². The molecule has 2 N–H and O–H groups in total. The molecule has 0 saturated carbocycles. The Bertz CT molecular complexity index is 894. The highest BCUT2D eigenvalue weighted by Gasteiger charge is 2.22. The maximum Gasteiger partial charge on any atom is 0.349 e. The third-order valence-electron chi connectivity index (χ3n) is 4.75. The quantitative estimate of drug-likeness (QED) is 0.499. The zero-order valence-corrected chi connectivity index (χ0v) is 17.4. The van der Waals surface area contributed by atoms with Crippen LogP contribution in [0.1, 0.15) is 17.7 Å². The summed E-state index contributed by atoms with van der Waals surface area (Å²) in [6.07, 6.45) is 2.85. The maximum absolute atomic E-state index is 12.5. The summed E-state index contributed by atoms with van der Waals surface area (Å²) >= 11 is 1.34. The van der Waals surface area contributed by atoms with E-state index in [4.69, 9.17) is 4.74 Å². The van der Waals surface area contributed by atoms with Gasteiger partial charge in [0.05, 0.1) is 40.0 Å². The number of hydrogen-bond donors (Lipinski definition) is 2. The van der Waals surface area contributed by atoms with Gasteiger partial charge in [0.1, 0.15) is 10.8 Å². The van der Waals surface area contributed by atoms with E-state index in [2.05, 4.69) is 24.4 Å². The molecule has 1 aromatic carbocycles. The number of carbonyl (C=O) groups is 1. The molecule has 0 aliphatic heterocycles. The van der Waals surface area contributed by atoms with Crippen molar-refractivity contribution in [2.75, 3.05) is 38.8 Å². The number of carbonyl (C=O) groups excluding carboxylic acids is 1. The van der Waals surface area contributed by atoms with Crippen LogP contribution in [0.15, 0.2) is 34.1 Å². The van der Waals surface area contributed by atoms with Crippen molar-refractivity contribution in [2.45, 2.75) is 30.8 Å². The molecule has 0 bridgehead atoms. The van der Waals surface area contributed by atoms with Crippen LogP contribution in [0.3, 0.4) is 0 Å². The van der Waals surface area contributed by atoms with E-state index in [1.807, 2.05) is 4.57 Å². The number of hydrogen-bond acceptors (Lipinski definition) is 5. The molecule has 3 rings (SSSR count). The van der Waals surface area contributed by atoms with Crippen molar-refractivity contribution < 1.29 is 14.4 Å². The van der Waals surface area contributed by atoms with Crippen LogP contribution in [-0.4, -0.2) is 49.0 Å². The molecule has 0 saturated heterocycles. The lowest BCUT2D eigenvalue weighted by Crippen LogP contribution is -3.06. The Kier molecular flexibility index (Phi) is 6.74. The van der Waals surface area contributed by atoms with E-state index >= 15 is 0 Å². The van der Waals surface area contributed by atoms with E-state index < -0.39 is 0 Å². The number of thioether (sulfide) groups is 1. The zero-order valence-electron chi connectivity index (χ0n) is 16.6. The van der Waals surface area contributed by atoms with Gasteiger partial charge in [0, 0.05) is 16.9 Å². The molecule has 0 atom stereocenters. The molecule has 1 aliphatic carbocycles. The highest BCUT2D eigenvalue weighted by Crippen LogP contribution is 2.29. The molecule has 1 heterocycles. The lowest BCUT2D eigenvalue weighted by Gasteiger charge is -2.15. The van der Waals surface area contributed by atoms with Crippen molar-refractivity contribution in [1.29, 1.82) is 0 Å². The molecule has 8 heteroatoms. The molecule has 1 aromatic heterocycles. The van der Waals surface area contributed by atoms with Crippen LogP contribution in [0, 0.1) is 0 Å². The van der Waals surface area contributed by atoms with E-state index in [9.17, 15) is 9.59 Å². The summed E-state index contributed by atoms with van der Waals surface area (Å²) in [4.78, 5) is 30.4. The summed E-state index contributed by atoms with van der Waals surface area (Å²) in [5.74, 6) is 0.837. The Morgan fingerprint density at radius 3 is 2.71 bits per heavy atom. The molecular weight excluding hydrogens is 376 g/mol. The number of nitrogens with one attached hydrogen (secondary N) is 2. The van der Waals surface area contributed by atoms with Crippen molar-refractivity contribution >= 4 is 23.4 Å². The smallest absolute Gasteiger partial charge is 0.349 e. The van der Waals surface area contributed by atoms with Crippen LogP contribution in [0.2, 0.25) is 0 Å². The number of ether oxygens (including phenoxy) is 1. The van der Waals surface area contributed by atoms with E-state index in [0.717, 1.165) is 42.8 Å². The van der Waals surface area contributed by atoms with Crippen LogP contribution < -0.4 is 20.6 Å². The predicted octanol–water partition coefficient (Wildman–Crippen LogP) is 0.616. The highest BCUT2D eigenvalue weighted by molar-refractivity contribution is 8.00. The van der Waals surface area contributed by atoms with Gasteiger partial charge in [0.25, 0.3) is 0 Å². The Balaban J connectivity index is 1.67. The van der Waals surface area contributed by atoms with Crippen molar-refractivity contribution in [1.82, 2.24) is 9.55 Å². The normalized spacial score (nSPS) is 12.9. The summed E-state index contributed by atoms with van der Waals surface area (Å²) in [6, 6.07) is 7.19. The first-order valence-electron chi connectivity index (χ1n) is 9.46. The number of amides is 1. The largest absolute Gasteiger partial charge is 0.497 e. The second-order valence-corrected chi connectivity index (χ2v) is 8.12. The van der Waals surface area contributed by atoms with Crippen molar-refractivity contribution in [3.05, 3.63) is 46.0 Å². The summed E-state index contributed by atoms with van der Waals surface area (Å²) in [5, 5.41) is 3.57. The number of anilines is 1. The fraction of sp³-hybridized carbons (Fsp3) is 0.450. The highest BCUT2D eigenvalue weighted by atomic mass is 32.2. The molecule has 0 radical (unpaired) electrons. The van der Waals surface area contributed by atoms with Crippen LogP contribution in [0.5, 0.6) is 5.75 Å². The molecule has 1 aliphatic rings. The Morgan fingerprint density at radius 1 is 1.29 bits per heavy atom. The fourth-order valence-corrected chi connectivity index (χ4v) is 4.15. The summed E-state index contributed by atoms with van der Waals surface area (Å²) in [7, 11) is 5.75. The van der Waals surface area contributed by atoms with Gasteiger partial charge >= 0.3 is 5.69 Å². The van der Waals surface area contributed by atoms with E-state index in [1.165, 1.54) is 16.7 Å². The average Bonchev–Trinajstić information content (AvgIpc) is 3.15. The van der Waals surface area contributed by atoms with Gasteiger partial charge in [-0.2, -0.15) is 4.98 Å². The van der Waals surface area contributed by atoms with Crippen molar-refractivity contribution in [2.24, 2.45) is 0 Å². The maximum atomic E-state index is 12.5. The Labute approximate surface area is 169 Å². The number of rotatable bonds is 8. The average molecular weight is 404 g/mol. The first-order valence-corrected chi connectivity index (χ1v) is 10.4. The van der Waals surface area contributed by atoms with Gasteiger partial charge in [-0.05, 0) is 43.5 Å². The van der Waals surface area contributed by atoms with E-state index in [0.29, 0.717) is 17.3 Å². The van der Waals surface area contributed by atoms with Gasteiger partial charge in [-0.25, -0.2) is 4.79 Å². The molecular formula is C20H27N4O3S+. The molecule has 7 nitrogen and oxygen atoms in total. The van der Waals surface area contributed by atoms with Crippen LogP contribution in [-0.2, 0) is 24.2 Å². The molecule has 0 spiro atoms. The van der Waals surface area contributed by atoms with Gasteiger partial charge in [-0.15, -0.1) is 0 Å². The molecule has 0 fully saturated rings. The summed E-state index contributed by atoms with van der Waals surface area (Å²) < 4.78 is 6.93. The minimum Gasteiger partial charge on any atom is -0.497 e. The molecule has 1 amide bonds. The number of methoxy groups -OCH3 is 1. The van der Waals surface area contributed by atoms with Crippen LogP contribution in [0.4, 0.5) is 5.69 Å². The Hall–Kier alpha value is -2.32. The molecule has 2 aromatic rings. The minimum atomic E-state index is -0.208. The standard InChI is InChI=1S/C20H26N4O3S/c1-23(2)11-12-24-17-6-4-5-16(17)19(22-20(24)26)28-13-18(25)21-14-7-9-15(27-3)10-8-14/h7-10H,4-6,11-13H2,1-3H3,(H,21,25)/p+1. The van der Waals surface area contributed by atoms with Gasteiger partial charge in [0.15, 0.2) is 0 Å². The van der Waals surface area contributed by atoms with Gasteiger partial charge in [0.2, 0.25) is 5.91 Å². The first kappa shape index (κ1) is 20.4. The van der Waals surface area contributed by atoms with Gasteiger partial charge in [-0.1, -0.05) is 11.8 Å². The monoisotopic (exact) mass is 403 g/mol. The predicted molar refractivity (Wildman–Crippen MR) is 111 cm³/mol. The van der Waals surface area contributed by atoms with Crippen LogP contribution >= 0.6 is 11.8 Å². The number of benzene rings is 1. The zero-order chi connectivity index (χ0) is 20.1. The van der Waals surface area contributed by atoms with Crippen molar-refractivity contribution in [3.8, 4) is 5.75 Å². The van der Waals surface area contributed by atoms with Crippen molar-refractivity contribution in [3.63, 3.8) is 0 Å². The summed E-state index contributed by atoms with van der Waals surface area (Å²) in [6.45, 7) is 1.56. The van der Waals surface area contributed by atoms with E-state index in [-0.39, 0.29) is 17.3 Å². The van der Waals surface area contributed by atoms with E-state index in [1.54, 1.807) is 31.4 Å². The number of fused-ring (bicyclic) bond motifs is 1. The lowest BCUT2D eigenvalue weighted by molar-refractivity contribution is -0.859. The first-order chi connectivity index (χ1) is 13.5. The Morgan fingerprint density at radius 2 is 2.04 bits per heavy atom. The summed E-state index contributed by atoms with van der Waals surface area (Å²) in [5.41, 5.74) is 2.74. The second kappa shape index (κ2) is 9.25. The lowest BCUT2D eigenvalue weighted by atomic mass is 10.2. The third-order valence-corrected chi connectivity index (χ3v) is 5.77. The molecule has 28 heavy (non-hydrogen) atoms. The third kappa shape index (κ3) is 4.94. The number of likely N-dealkylation sites (N-methyl/N-ethyl adjacent to an activating group) is 1. The number of aromatic nitrogens is 2. The fourth-order valence-electron chi connectivity index (χ4n) is 3.28. The molecule has 150 valence electrons. The number of quaternary nitrogens is 1. The molecule has 0 unspecified atom stereocenters. The number of nitrogens with zero attached hydrogens (tertiary/aromatic N) is 2. The van der Waals surface area contributed by atoms with Crippen LogP contribution in [0.25, 0.3) is 0 Å². The second-order valence-electron chi connectivity index (χ2n) is 7.15. The SMILES string of the molecule is COc1ccc(NC(=O)CSc2nc(=O)n(CC[NH+](C)C)c3c2CCC3)cc1.